The summed E-state index contributed by atoms with van der Waals surface area (Å²) in [6.07, 6.45) is 0. The smallest absolute Gasteiger partial charge is 0.230 e. The number of nitrogens with one attached hydrogen (secondary N) is 1. The van der Waals surface area contributed by atoms with Gasteiger partial charge in [0.2, 0.25) is 5.91 Å². The number of para-hydroxylation sites is 1. The average molecular weight is 410 g/mol. The molecule has 146 valence electrons. The predicted octanol–water partition coefficient (Wildman–Crippen LogP) is 5.21. The lowest BCUT2D eigenvalue weighted by molar-refractivity contribution is -0.118. The summed E-state index contributed by atoms with van der Waals surface area (Å²) in [6, 6.07) is 12.5. The van der Waals surface area contributed by atoms with Crippen molar-refractivity contribution in [2.24, 2.45) is 0 Å². The van der Waals surface area contributed by atoms with Gasteiger partial charge < -0.3 is 10.1 Å². The summed E-state index contributed by atoms with van der Waals surface area (Å²) >= 11 is 7.09. The Morgan fingerprint density at radius 2 is 1.96 bits per heavy atom. The van der Waals surface area contributed by atoms with Crippen molar-refractivity contribution >= 4 is 29.3 Å². The number of carbonyl (C=O) groups is 1. The fourth-order valence-electron chi connectivity index (χ4n) is 2.51. The second-order valence-electron chi connectivity index (χ2n) is 7.17. The van der Waals surface area contributed by atoms with Gasteiger partial charge in [0.25, 0.3) is 0 Å². The van der Waals surface area contributed by atoms with Gasteiger partial charge in [-0.1, -0.05) is 56.6 Å². The summed E-state index contributed by atoms with van der Waals surface area (Å²) in [5.74, 6) is 1.09. The Balaban J connectivity index is 1.70. The Labute approximate surface area is 169 Å². The number of rotatable bonds is 8. The van der Waals surface area contributed by atoms with Crippen LogP contribution >= 0.6 is 23.4 Å². The molecule has 2 aromatic rings. The van der Waals surface area contributed by atoms with Crippen molar-refractivity contribution in [1.82, 2.24) is 5.32 Å². The van der Waals surface area contributed by atoms with Crippen molar-refractivity contribution in [2.75, 3.05) is 18.9 Å². The molecule has 0 unspecified atom stereocenters. The van der Waals surface area contributed by atoms with Crippen LogP contribution in [0.15, 0.2) is 42.5 Å². The average Bonchev–Trinajstić information content (AvgIpc) is 2.60. The van der Waals surface area contributed by atoms with Gasteiger partial charge in [-0.25, -0.2) is 4.39 Å². The standard InChI is InChI=1S/C21H25ClFNO2S/c1-21(2,3)17-6-4-5-7-19(17)26-11-10-24-20(25)14-27-13-15-8-9-16(22)12-18(15)23/h4-9,12H,10-11,13-14H2,1-3H3,(H,24,25). The molecule has 1 amide bonds. The van der Waals surface area contributed by atoms with E-state index in [4.69, 9.17) is 16.3 Å². The Kier molecular flexibility index (Phi) is 7.99. The highest BCUT2D eigenvalue weighted by atomic mass is 35.5. The zero-order chi connectivity index (χ0) is 19.9. The van der Waals surface area contributed by atoms with Crippen LogP contribution in [0.5, 0.6) is 5.75 Å². The normalized spacial score (nSPS) is 11.3. The summed E-state index contributed by atoms with van der Waals surface area (Å²) in [4.78, 5) is 11.9. The summed E-state index contributed by atoms with van der Waals surface area (Å²) in [5.41, 5.74) is 1.67. The van der Waals surface area contributed by atoms with E-state index in [0.717, 1.165) is 11.3 Å². The van der Waals surface area contributed by atoms with Gasteiger partial charge in [0, 0.05) is 10.8 Å². The van der Waals surface area contributed by atoms with Crippen LogP contribution in [0.2, 0.25) is 5.02 Å². The van der Waals surface area contributed by atoms with E-state index in [1.165, 1.54) is 17.8 Å². The predicted molar refractivity (Wildman–Crippen MR) is 111 cm³/mol. The van der Waals surface area contributed by atoms with E-state index in [2.05, 4.69) is 32.2 Å². The zero-order valence-electron chi connectivity index (χ0n) is 15.9. The molecule has 0 bridgehead atoms. The monoisotopic (exact) mass is 409 g/mol. The highest BCUT2D eigenvalue weighted by molar-refractivity contribution is 7.99. The first kappa shape index (κ1) is 21.6. The fraction of sp³-hybridized carbons (Fsp3) is 0.381. The van der Waals surface area contributed by atoms with Gasteiger partial charge in [0.05, 0.1) is 12.3 Å². The molecule has 0 spiro atoms. The summed E-state index contributed by atoms with van der Waals surface area (Å²) in [5, 5.41) is 3.19. The number of thioether (sulfide) groups is 1. The number of hydrogen-bond donors (Lipinski definition) is 1. The van der Waals surface area contributed by atoms with Gasteiger partial charge in [-0.05, 0) is 34.7 Å². The summed E-state index contributed by atoms with van der Waals surface area (Å²) in [6.45, 7) is 7.23. The lowest BCUT2D eigenvalue weighted by Gasteiger charge is -2.22. The van der Waals surface area contributed by atoms with E-state index in [1.807, 2.05) is 18.2 Å². The lowest BCUT2D eigenvalue weighted by Crippen LogP contribution is -2.29. The minimum atomic E-state index is -0.346. The molecule has 0 heterocycles. The molecule has 6 heteroatoms. The maximum absolute atomic E-state index is 13.7. The molecule has 0 aromatic heterocycles. The minimum Gasteiger partial charge on any atom is -0.491 e. The molecule has 1 N–H and O–H groups in total. The highest BCUT2D eigenvalue weighted by Gasteiger charge is 2.18. The third kappa shape index (κ3) is 7.07. The van der Waals surface area contributed by atoms with Crippen LogP contribution in [0.25, 0.3) is 0 Å². The van der Waals surface area contributed by atoms with Crippen molar-refractivity contribution in [3.8, 4) is 5.75 Å². The molecule has 2 aromatic carbocycles. The molecule has 0 aliphatic rings. The molecule has 27 heavy (non-hydrogen) atoms. The maximum atomic E-state index is 13.7. The third-order valence-corrected chi connectivity index (χ3v) is 5.10. The summed E-state index contributed by atoms with van der Waals surface area (Å²) < 4.78 is 19.5. The van der Waals surface area contributed by atoms with Gasteiger partial charge in [-0.15, -0.1) is 11.8 Å². The van der Waals surface area contributed by atoms with Crippen LogP contribution in [0.3, 0.4) is 0 Å². The van der Waals surface area contributed by atoms with Crippen molar-refractivity contribution in [3.05, 3.63) is 64.4 Å². The first-order chi connectivity index (χ1) is 12.8. The molecule has 3 nitrogen and oxygen atoms in total. The first-order valence-corrected chi connectivity index (χ1v) is 10.3. The second-order valence-corrected chi connectivity index (χ2v) is 8.60. The molecule has 0 saturated heterocycles. The Morgan fingerprint density at radius 1 is 1.22 bits per heavy atom. The van der Waals surface area contributed by atoms with E-state index in [0.29, 0.717) is 29.5 Å². The zero-order valence-corrected chi connectivity index (χ0v) is 17.4. The van der Waals surface area contributed by atoms with E-state index in [9.17, 15) is 9.18 Å². The van der Waals surface area contributed by atoms with E-state index < -0.39 is 0 Å². The van der Waals surface area contributed by atoms with Gasteiger partial charge in [0.15, 0.2) is 0 Å². The highest BCUT2D eigenvalue weighted by Crippen LogP contribution is 2.30. The Bertz CT molecular complexity index is 777. The first-order valence-electron chi connectivity index (χ1n) is 8.78. The Morgan fingerprint density at radius 3 is 2.67 bits per heavy atom. The molecule has 0 aliphatic heterocycles. The molecule has 0 saturated carbocycles. The Hall–Kier alpha value is -1.72. The van der Waals surface area contributed by atoms with E-state index in [-0.39, 0.29) is 22.9 Å². The van der Waals surface area contributed by atoms with Crippen molar-refractivity contribution < 1.29 is 13.9 Å². The SMILES string of the molecule is CC(C)(C)c1ccccc1OCCNC(=O)CSCc1ccc(Cl)cc1F. The van der Waals surface area contributed by atoms with E-state index in [1.54, 1.807) is 12.1 Å². The number of ether oxygens (including phenoxy) is 1. The van der Waals surface area contributed by atoms with Crippen molar-refractivity contribution in [3.63, 3.8) is 0 Å². The number of halogens is 2. The molecule has 0 atom stereocenters. The summed E-state index contributed by atoms with van der Waals surface area (Å²) in [7, 11) is 0. The lowest BCUT2D eigenvalue weighted by atomic mass is 9.86. The van der Waals surface area contributed by atoms with Crippen LogP contribution in [0.1, 0.15) is 31.9 Å². The maximum Gasteiger partial charge on any atom is 0.230 e. The van der Waals surface area contributed by atoms with Crippen LogP contribution in [-0.2, 0) is 16.0 Å². The van der Waals surface area contributed by atoms with Gasteiger partial charge in [0.1, 0.15) is 18.2 Å². The molecule has 2 rings (SSSR count). The fourth-order valence-corrected chi connectivity index (χ4v) is 3.51. The third-order valence-electron chi connectivity index (χ3n) is 3.88. The minimum absolute atomic E-state index is 0.00653. The van der Waals surface area contributed by atoms with Crippen LogP contribution < -0.4 is 10.1 Å². The van der Waals surface area contributed by atoms with Crippen molar-refractivity contribution in [1.29, 1.82) is 0 Å². The van der Waals surface area contributed by atoms with Crippen LogP contribution in [-0.4, -0.2) is 24.8 Å². The van der Waals surface area contributed by atoms with E-state index >= 15 is 0 Å². The molecular weight excluding hydrogens is 385 g/mol. The quantitative estimate of drug-likeness (QED) is 0.608. The molecule has 0 radical (unpaired) electrons. The van der Waals surface area contributed by atoms with Crippen molar-refractivity contribution in [2.45, 2.75) is 31.9 Å². The topological polar surface area (TPSA) is 38.3 Å². The number of carbonyl (C=O) groups excluding carboxylic acids is 1. The number of amides is 1. The van der Waals surface area contributed by atoms with Gasteiger partial charge >= 0.3 is 0 Å². The van der Waals surface area contributed by atoms with Crippen LogP contribution in [0.4, 0.5) is 4.39 Å². The van der Waals surface area contributed by atoms with Crippen LogP contribution in [0, 0.1) is 5.82 Å². The number of hydrogen-bond acceptors (Lipinski definition) is 3. The second kappa shape index (κ2) is 10.00. The number of benzene rings is 2. The molecular formula is C21H25ClFNO2S. The largest absolute Gasteiger partial charge is 0.491 e. The molecule has 0 aliphatic carbocycles. The van der Waals surface area contributed by atoms with Gasteiger partial charge in [-0.2, -0.15) is 0 Å². The van der Waals surface area contributed by atoms with Gasteiger partial charge in [-0.3, -0.25) is 4.79 Å². The molecule has 0 fully saturated rings.